The average molecular weight is 290 g/mol. The lowest BCUT2D eigenvalue weighted by Gasteiger charge is -2.01. The summed E-state index contributed by atoms with van der Waals surface area (Å²) in [5.41, 5.74) is 1.94. The third kappa shape index (κ3) is 4.35. The lowest BCUT2D eigenvalue weighted by molar-refractivity contribution is -0.697. The van der Waals surface area contributed by atoms with Crippen molar-refractivity contribution in [3.05, 3.63) is 64.9 Å². The van der Waals surface area contributed by atoms with E-state index in [9.17, 15) is 0 Å². The molecule has 1 heterocycles. The zero-order chi connectivity index (χ0) is 14.2. The van der Waals surface area contributed by atoms with Crippen LogP contribution in [-0.2, 0) is 18.0 Å². The molecule has 1 aromatic heterocycles. The Morgan fingerprint density at radius 3 is 2.65 bits per heavy atom. The van der Waals surface area contributed by atoms with E-state index in [1.807, 2.05) is 48.8 Å². The van der Waals surface area contributed by atoms with Crippen LogP contribution in [0.2, 0.25) is 5.02 Å². The Morgan fingerprint density at radius 2 is 1.95 bits per heavy atom. The van der Waals surface area contributed by atoms with Crippen molar-refractivity contribution in [1.29, 1.82) is 0 Å². The van der Waals surface area contributed by atoms with Gasteiger partial charge in [-0.2, -0.15) is 0 Å². The van der Waals surface area contributed by atoms with Crippen molar-refractivity contribution in [2.24, 2.45) is 5.16 Å². The number of rotatable bonds is 6. The van der Waals surface area contributed by atoms with Gasteiger partial charge in [0, 0.05) is 34.7 Å². The van der Waals surface area contributed by atoms with Crippen LogP contribution in [0.5, 0.6) is 0 Å². The highest BCUT2D eigenvalue weighted by Gasteiger charge is 1.99. The molecule has 0 aliphatic carbocycles. The van der Waals surface area contributed by atoms with Gasteiger partial charge in [-0.05, 0) is 6.07 Å². The predicted octanol–water partition coefficient (Wildman–Crippen LogP) is 3.59. The van der Waals surface area contributed by atoms with E-state index in [2.05, 4.69) is 16.6 Å². The fraction of sp³-hybridized carbons (Fsp3) is 0.250. The fourth-order valence-corrected chi connectivity index (χ4v) is 1.97. The third-order valence-electron chi connectivity index (χ3n) is 2.85. The lowest BCUT2D eigenvalue weighted by atomic mass is 10.2. The molecule has 0 fully saturated rings. The molecule has 0 spiro atoms. The normalized spacial score (nSPS) is 10.9. The highest BCUT2D eigenvalue weighted by Crippen LogP contribution is 2.15. The van der Waals surface area contributed by atoms with Gasteiger partial charge in [-0.15, -0.1) is 0 Å². The Morgan fingerprint density at radius 1 is 1.20 bits per heavy atom. The topological polar surface area (TPSA) is 25.5 Å². The van der Waals surface area contributed by atoms with Crippen LogP contribution in [0.3, 0.4) is 0 Å². The first-order valence-corrected chi connectivity index (χ1v) is 7.05. The number of benzene rings is 1. The number of pyridine rings is 1. The van der Waals surface area contributed by atoms with E-state index < -0.39 is 0 Å². The minimum Gasteiger partial charge on any atom is -0.391 e. The standard InChI is InChI=1S/C16H18ClN2O/c1-2-9-19-10-7-14(8-11-19)12-18-20-13-15-5-3-4-6-16(15)17/h3-8,10-12H,2,9,13H2,1H3/q+1/b18-12+. The summed E-state index contributed by atoms with van der Waals surface area (Å²) in [6.45, 7) is 3.56. The SMILES string of the molecule is CCC[n+]1ccc(/C=N/OCc2ccccc2Cl)cc1. The molecule has 1 aromatic carbocycles. The number of halogens is 1. The molecule has 0 atom stereocenters. The van der Waals surface area contributed by atoms with E-state index in [0.29, 0.717) is 11.6 Å². The Kier molecular flexibility index (Phi) is 5.56. The molecule has 0 amide bonds. The molecule has 0 aliphatic heterocycles. The largest absolute Gasteiger partial charge is 0.391 e. The summed E-state index contributed by atoms with van der Waals surface area (Å²) in [4.78, 5) is 5.26. The highest BCUT2D eigenvalue weighted by molar-refractivity contribution is 6.31. The van der Waals surface area contributed by atoms with Gasteiger partial charge < -0.3 is 4.84 Å². The second kappa shape index (κ2) is 7.65. The monoisotopic (exact) mass is 289 g/mol. The first-order valence-electron chi connectivity index (χ1n) is 6.67. The van der Waals surface area contributed by atoms with E-state index >= 15 is 0 Å². The Labute approximate surface area is 124 Å². The molecular formula is C16H18ClN2O+. The number of aryl methyl sites for hydroxylation is 1. The van der Waals surface area contributed by atoms with Crippen molar-refractivity contribution >= 4 is 17.8 Å². The number of aromatic nitrogens is 1. The molecule has 3 nitrogen and oxygen atoms in total. The van der Waals surface area contributed by atoms with Gasteiger partial charge in [0.15, 0.2) is 12.4 Å². The molecule has 2 rings (SSSR count). The first-order chi connectivity index (χ1) is 9.79. The van der Waals surface area contributed by atoms with Crippen LogP contribution in [0.1, 0.15) is 24.5 Å². The van der Waals surface area contributed by atoms with Crippen LogP contribution in [0.25, 0.3) is 0 Å². The maximum atomic E-state index is 6.03. The van der Waals surface area contributed by atoms with Crippen molar-refractivity contribution in [3.63, 3.8) is 0 Å². The van der Waals surface area contributed by atoms with Crippen LogP contribution in [-0.4, -0.2) is 6.21 Å². The summed E-state index contributed by atoms with van der Waals surface area (Å²) >= 11 is 6.03. The summed E-state index contributed by atoms with van der Waals surface area (Å²) in [5.74, 6) is 0. The second-order valence-electron chi connectivity index (χ2n) is 4.47. The summed E-state index contributed by atoms with van der Waals surface area (Å²) < 4.78 is 2.14. The third-order valence-corrected chi connectivity index (χ3v) is 3.22. The number of hydrogen-bond donors (Lipinski definition) is 0. The van der Waals surface area contributed by atoms with Gasteiger partial charge >= 0.3 is 0 Å². The van der Waals surface area contributed by atoms with Gasteiger partial charge in [0.25, 0.3) is 0 Å². The van der Waals surface area contributed by atoms with E-state index in [-0.39, 0.29) is 0 Å². The summed E-state index contributed by atoms with van der Waals surface area (Å²) in [7, 11) is 0. The minimum atomic E-state index is 0.374. The summed E-state index contributed by atoms with van der Waals surface area (Å²) in [5, 5.41) is 4.66. The fourth-order valence-electron chi connectivity index (χ4n) is 1.78. The summed E-state index contributed by atoms with van der Waals surface area (Å²) in [6.07, 6.45) is 6.91. The van der Waals surface area contributed by atoms with Crippen molar-refractivity contribution in [1.82, 2.24) is 0 Å². The molecule has 2 aromatic rings. The average Bonchev–Trinajstić information content (AvgIpc) is 2.47. The van der Waals surface area contributed by atoms with Crippen LogP contribution in [0.4, 0.5) is 0 Å². The molecule has 0 radical (unpaired) electrons. The van der Waals surface area contributed by atoms with Crippen LogP contribution in [0, 0.1) is 0 Å². The van der Waals surface area contributed by atoms with E-state index in [0.717, 1.165) is 24.1 Å². The van der Waals surface area contributed by atoms with Crippen LogP contribution < -0.4 is 4.57 Å². The molecule has 104 valence electrons. The molecule has 0 unspecified atom stereocenters. The second-order valence-corrected chi connectivity index (χ2v) is 4.88. The Balaban J connectivity index is 1.86. The predicted molar refractivity (Wildman–Crippen MR) is 80.8 cm³/mol. The molecular weight excluding hydrogens is 272 g/mol. The Bertz CT molecular complexity index is 567. The highest BCUT2D eigenvalue weighted by atomic mass is 35.5. The van der Waals surface area contributed by atoms with Crippen molar-refractivity contribution in [3.8, 4) is 0 Å². The van der Waals surface area contributed by atoms with Crippen LogP contribution in [0.15, 0.2) is 53.9 Å². The maximum absolute atomic E-state index is 6.03. The van der Waals surface area contributed by atoms with Gasteiger partial charge in [0.2, 0.25) is 0 Å². The van der Waals surface area contributed by atoms with Gasteiger partial charge in [-0.3, -0.25) is 0 Å². The zero-order valence-electron chi connectivity index (χ0n) is 11.5. The quantitative estimate of drug-likeness (QED) is 0.453. The first kappa shape index (κ1) is 14.5. The van der Waals surface area contributed by atoms with Crippen LogP contribution >= 0.6 is 11.6 Å². The smallest absolute Gasteiger partial charge is 0.169 e. The number of oxime groups is 1. The molecule has 0 N–H and O–H groups in total. The lowest BCUT2D eigenvalue weighted by Crippen LogP contribution is -2.32. The van der Waals surface area contributed by atoms with Crippen molar-refractivity contribution in [2.45, 2.75) is 26.5 Å². The van der Waals surface area contributed by atoms with E-state index in [1.165, 1.54) is 0 Å². The summed E-state index contributed by atoms with van der Waals surface area (Å²) in [6, 6.07) is 11.6. The van der Waals surface area contributed by atoms with Gasteiger partial charge in [0.1, 0.15) is 13.2 Å². The van der Waals surface area contributed by atoms with Gasteiger partial charge in [0.05, 0.1) is 6.21 Å². The van der Waals surface area contributed by atoms with Gasteiger partial charge in [-0.25, -0.2) is 4.57 Å². The van der Waals surface area contributed by atoms with Crippen molar-refractivity contribution in [2.75, 3.05) is 0 Å². The molecule has 0 bridgehead atoms. The molecule has 4 heteroatoms. The molecule has 0 aliphatic rings. The van der Waals surface area contributed by atoms with Gasteiger partial charge in [-0.1, -0.05) is 41.9 Å². The molecule has 20 heavy (non-hydrogen) atoms. The van der Waals surface area contributed by atoms with E-state index in [1.54, 1.807) is 6.21 Å². The molecule has 0 saturated carbocycles. The molecule has 0 saturated heterocycles. The maximum Gasteiger partial charge on any atom is 0.169 e. The zero-order valence-corrected chi connectivity index (χ0v) is 12.3. The minimum absolute atomic E-state index is 0.374. The Hall–Kier alpha value is -1.87. The van der Waals surface area contributed by atoms with E-state index in [4.69, 9.17) is 16.4 Å². The number of nitrogens with zero attached hydrogens (tertiary/aromatic N) is 2. The number of hydrogen-bond acceptors (Lipinski definition) is 2. The van der Waals surface area contributed by atoms with Crippen molar-refractivity contribution < 1.29 is 9.40 Å².